The van der Waals surface area contributed by atoms with Gasteiger partial charge in [0.05, 0.1) is 0 Å². The van der Waals surface area contributed by atoms with Gasteiger partial charge in [-0.25, -0.2) is 0 Å². The molecule has 0 aromatic carbocycles. The number of H-pyrrole nitrogens is 1. The molecular formula is C16H22N2O4. The average molecular weight is 306 g/mol. The Bertz CT molecular complexity index is 621. The van der Waals surface area contributed by atoms with Crippen molar-refractivity contribution in [2.45, 2.75) is 57.9 Å². The van der Waals surface area contributed by atoms with Gasteiger partial charge in [0.15, 0.2) is 0 Å². The molecule has 1 aliphatic carbocycles. The maximum atomic E-state index is 12.2. The van der Waals surface area contributed by atoms with E-state index in [2.05, 4.69) is 10.3 Å². The Morgan fingerprint density at radius 1 is 1.32 bits per heavy atom. The van der Waals surface area contributed by atoms with E-state index in [1.165, 1.54) is 0 Å². The van der Waals surface area contributed by atoms with Crippen molar-refractivity contribution in [2.24, 2.45) is 0 Å². The Balaban J connectivity index is 2.11. The van der Waals surface area contributed by atoms with Gasteiger partial charge >= 0.3 is 5.97 Å². The second-order valence-electron chi connectivity index (χ2n) is 5.88. The number of carboxylic acids is 1. The second-order valence-corrected chi connectivity index (χ2v) is 5.88. The van der Waals surface area contributed by atoms with Gasteiger partial charge in [-0.3, -0.25) is 14.4 Å². The van der Waals surface area contributed by atoms with E-state index in [0.717, 1.165) is 43.4 Å². The number of aryl methyl sites for hydroxylation is 2. The lowest BCUT2D eigenvalue weighted by atomic mass is 10.1. The fourth-order valence-electron chi connectivity index (χ4n) is 2.73. The molecular weight excluding hydrogens is 284 g/mol. The summed E-state index contributed by atoms with van der Waals surface area (Å²) < 4.78 is 0. The molecule has 6 heteroatoms. The van der Waals surface area contributed by atoms with E-state index in [0.29, 0.717) is 6.42 Å². The molecule has 1 aliphatic rings. The van der Waals surface area contributed by atoms with Crippen LogP contribution in [0, 0.1) is 0 Å². The Hall–Kier alpha value is -2.11. The van der Waals surface area contributed by atoms with Gasteiger partial charge in [-0.05, 0) is 50.7 Å². The third-order valence-corrected chi connectivity index (χ3v) is 4.00. The van der Waals surface area contributed by atoms with Crippen molar-refractivity contribution in [3.8, 4) is 0 Å². The van der Waals surface area contributed by atoms with Crippen LogP contribution >= 0.6 is 0 Å². The minimum absolute atomic E-state index is 0.0119. The van der Waals surface area contributed by atoms with Crippen LogP contribution in [0.4, 0.5) is 0 Å². The molecule has 0 saturated carbocycles. The van der Waals surface area contributed by atoms with Crippen LogP contribution in [-0.4, -0.2) is 28.0 Å². The van der Waals surface area contributed by atoms with E-state index < -0.39 is 11.9 Å². The number of carbonyl (C=O) groups excluding carboxylic acids is 1. The molecule has 1 heterocycles. The molecule has 0 saturated heterocycles. The number of aromatic nitrogens is 1. The number of carboxylic acid groups (broad SMARTS) is 1. The maximum Gasteiger partial charge on any atom is 0.303 e. The van der Waals surface area contributed by atoms with Crippen LogP contribution in [0.15, 0.2) is 10.9 Å². The van der Waals surface area contributed by atoms with Gasteiger partial charge < -0.3 is 15.4 Å². The zero-order chi connectivity index (χ0) is 16.1. The minimum Gasteiger partial charge on any atom is -0.481 e. The molecule has 1 aromatic rings. The van der Waals surface area contributed by atoms with Gasteiger partial charge in [-0.15, -0.1) is 0 Å². The molecule has 1 amide bonds. The summed E-state index contributed by atoms with van der Waals surface area (Å²) in [7, 11) is 0. The fraction of sp³-hybridized carbons (Fsp3) is 0.562. The normalized spacial score (nSPS) is 15.5. The van der Waals surface area contributed by atoms with E-state index >= 15 is 0 Å². The van der Waals surface area contributed by atoms with E-state index in [9.17, 15) is 14.4 Å². The highest BCUT2D eigenvalue weighted by atomic mass is 16.4. The van der Waals surface area contributed by atoms with Crippen LogP contribution in [-0.2, 0) is 17.6 Å². The maximum absolute atomic E-state index is 12.2. The molecule has 2 rings (SSSR count). The van der Waals surface area contributed by atoms with Crippen molar-refractivity contribution in [3.63, 3.8) is 0 Å². The number of rotatable bonds is 5. The predicted octanol–water partition coefficient (Wildman–Crippen LogP) is 1.63. The molecule has 1 atom stereocenters. The Morgan fingerprint density at radius 2 is 2.05 bits per heavy atom. The van der Waals surface area contributed by atoms with Gasteiger partial charge in [0, 0.05) is 18.2 Å². The number of fused-ring (bicyclic) bond motifs is 1. The van der Waals surface area contributed by atoms with Gasteiger partial charge in [-0.1, -0.05) is 6.42 Å². The van der Waals surface area contributed by atoms with Gasteiger partial charge in [0.1, 0.15) is 5.56 Å². The highest BCUT2D eigenvalue weighted by Gasteiger charge is 2.18. The Morgan fingerprint density at radius 3 is 2.77 bits per heavy atom. The van der Waals surface area contributed by atoms with Crippen molar-refractivity contribution >= 4 is 11.9 Å². The molecule has 0 bridgehead atoms. The zero-order valence-electron chi connectivity index (χ0n) is 12.8. The molecule has 6 nitrogen and oxygen atoms in total. The summed E-state index contributed by atoms with van der Waals surface area (Å²) in [6.45, 7) is 1.73. The molecule has 0 aliphatic heterocycles. The number of hydrogen-bond donors (Lipinski definition) is 3. The number of pyridine rings is 1. The number of carbonyl (C=O) groups is 2. The first kappa shape index (κ1) is 16.3. The summed E-state index contributed by atoms with van der Waals surface area (Å²) in [5.41, 5.74) is 1.73. The third-order valence-electron chi connectivity index (χ3n) is 4.00. The van der Waals surface area contributed by atoms with E-state index in [4.69, 9.17) is 5.11 Å². The molecule has 3 N–H and O–H groups in total. The van der Waals surface area contributed by atoms with Crippen molar-refractivity contribution < 1.29 is 14.7 Å². The largest absolute Gasteiger partial charge is 0.481 e. The monoisotopic (exact) mass is 306 g/mol. The van der Waals surface area contributed by atoms with Crippen molar-refractivity contribution in [2.75, 3.05) is 0 Å². The van der Waals surface area contributed by atoms with E-state index in [-0.39, 0.29) is 23.6 Å². The topological polar surface area (TPSA) is 99.3 Å². The zero-order valence-corrected chi connectivity index (χ0v) is 12.8. The van der Waals surface area contributed by atoms with Crippen molar-refractivity contribution in [1.29, 1.82) is 0 Å². The van der Waals surface area contributed by atoms with Crippen molar-refractivity contribution in [3.05, 3.63) is 33.2 Å². The summed E-state index contributed by atoms with van der Waals surface area (Å²) in [4.78, 5) is 37.7. The lowest BCUT2D eigenvalue weighted by Gasteiger charge is -2.13. The SMILES string of the molecule is CC(CCC(=O)O)NC(=O)c1cc2c([nH]c1=O)CCCCC2. The quantitative estimate of drug-likeness (QED) is 0.720. The van der Waals surface area contributed by atoms with Gasteiger partial charge in [-0.2, -0.15) is 0 Å². The predicted molar refractivity (Wildman–Crippen MR) is 82.1 cm³/mol. The summed E-state index contributed by atoms with van der Waals surface area (Å²) in [5.74, 6) is -1.34. The molecule has 22 heavy (non-hydrogen) atoms. The Kier molecular flexibility index (Phi) is 5.35. The van der Waals surface area contributed by atoms with Crippen LogP contribution in [0.2, 0.25) is 0 Å². The third kappa shape index (κ3) is 4.19. The van der Waals surface area contributed by atoms with E-state index in [1.54, 1.807) is 13.0 Å². The Labute approximate surface area is 128 Å². The summed E-state index contributed by atoms with van der Waals surface area (Å²) >= 11 is 0. The van der Waals surface area contributed by atoms with E-state index in [1.807, 2.05) is 0 Å². The lowest BCUT2D eigenvalue weighted by molar-refractivity contribution is -0.137. The summed E-state index contributed by atoms with van der Waals surface area (Å²) in [5, 5.41) is 11.3. The van der Waals surface area contributed by atoms with Crippen LogP contribution in [0.25, 0.3) is 0 Å². The van der Waals surface area contributed by atoms with Gasteiger partial charge in [0.25, 0.3) is 11.5 Å². The molecule has 1 unspecified atom stereocenters. The number of aliphatic carboxylic acids is 1. The summed E-state index contributed by atoms with van der Waals surface area (Å²) in [6.07, 6.45) is 5.30. The smallest absolute Gasteiger partial charge is 0.303 e. The first-order valence-electron chi connectivity index (χ1n) is 7.75. The summed E-state index contributed by atoms with van der Waals surface area (Å²) in [6, 6.07) is 1.40. The minimum atomic E-state index is -0.899. The van der Waals surface area contributed by atoms with Crippen molar-refractivity contribution in [1.82, 2.24) is 10.3 Å². The lowest BCUT2D eigenvalue weighted by Crippen LogP contribution is -2.36. The first-order chi connectivity index (χ1) is 10.5. The molecule has 0 spiro atoms. The van der Waals surface area contributed by atoms with Crippen LogP contribution < -0.4 is 10.9 Å². The number of amides is 1. The number of hydrogen-bond acceptors (Lipinski definition) is 3. The molecule has 0 fully saturated rings. The van der Waals surface area contributed by atoms with Gasteiger partial charge in [0.2, 0.25) is 0 Å². The van der Waals surface area contributed by atoms with Crippen LogP contribution in [0.1, 0.15) is 60.6 Å². The molecule has 0 radical (unpaired) electrons. The number of aromatic amines is 1. The first-order valence-corrected chi connectivity index (χ1v) is 7.75. The standard InChI is InChI=1S/C16H22N2O4/c1-10(7-8-14(19)20)17-15(21)12-9-11-5-3-2-4-6-13(11)18-16(12)22/h9-10H,2-8H2,1H3,(H,17,21)(H,18,22)(H,19,20). The molecule has 1 aromatic heterocycles. The fourth-order valence-corrected chi connectivity index (χ4v) is 2.73. The van der Waals surface area contributed by atoms with Crippen LogP contribution in [0.3, 0.4) is 0 Å². The van der Waals surface area contributed by atoms with Crippen LogP contribution in [0.5, 0.6) is 0 Å². The number of nitrogens with one attached hydrogen (secondary N) is 2. The second kappa shape index (κ2) is 7.24. The average Bonchev–Trinajstić information content (AvgIpc) is 2.68. The molecule has 120 valence electrons. The highest BCUT2D eigenvalue weighted by molar-refractivity contribution is 5.94. The highest BCUT2D eigenvalue weighted by Crippen LogP contribution is 2.18.